The molecule has 1 unspecified atom stereocenters. The monoisotopic (exact) mass is 264 g/mol. The number of anilines is 1. The molecule has 0 aliphatic heterocycles. The fraction of sp³-hybridized carbons (Fsp3) is 0.429. The molecule has 0 heterocycles. The van der Waals surface area contributed by atoms with Crippen LogP contribution in [-0.2, 0) is 4.79 Å². The van der Waals surface area contributed by atoms with Crippen molar-refractivity contribution in [3.8, 4) is 0 Å². The summed E-state index contributed by atoms with van der Waals surface area (Å²) < 4.78 is 0. The number of carbonyl (C=O) groups excluding carboxylic acids is 1. The molecule has 0 radical (unpaired) electrons. The highest BCUT2D eigenvalue weighted by Crippen LogP contribution is 2.10. The summed E-state index contributed by atoms with van der Waals surface area (Å²) in [6, 6.07) is 5.94. The third-order valence-electron chi connectivity index (χ3n) is 2.59. The summed E-state index contributed by atoms with van der Waals surface area (Å²) in [5, 5.41) is 14.6. The molecule has 0 bridgehead atoms. The average molecular weight is 264 g/mol. The Labute approximate surface area is 113 Å². The molecule has 0 aromatic heterocycles. The fourth-order valence-corrected chi connectivity index (χ4v) is 1.48. The van der Waals surface area contributed by atoms with Crippen molar-refractivity contribution in [1.29, 1.82) is 0 Å². The van der Waals surface area contributed by atoms with Gasteiger partial charge in [0.25, 0.3) is 0 Å². The molecule has 0 aliphatic rings. The normalized spacial score (nSPS) is 12.0. The van der Waals surface area contributed by atoms with Gasteiger partial charge in [0.1, 0.15) is 6.04 Å². The molecule has 1 atom stereocenters. The van der Waals surface area contributed by atoms with E-state index in [1.165, 1.54) is 12.1 Å². The van der Waals surface area contributed by atoms with Crippen LogP contribution in [0.1, 0.15) is 31.1 Å². The van der Waals surface area contributed by atoms with Crippen LogP contribution in [0.5, 0.6) is 0 Å². The van der Waals surface area contributed by atoms with E-state index >= 15 is 0 Å². The van der Waals surface area contributed by atoms with E-state index in [0.717, 1.165) is 5.69 Å². The standard InChI is InChI=1S/C14H20N2O3/c1-9(2)8-15-13(17)10(3)16-12-6-4-11(5-7-12)14(18)19/h4-7,9-10,16H,8H2,1-3H3,(H,15,17)(H,18,19). The van der Waals surface area contributed by atoms with Crippen molar-refractivity contribution in [3.63, 3.8) is 0 Å². The van der Waals surface area contributed by atoms with Gasteiger partial charge in [-0.25, -0.2) is 4.79 Å². The van der Waals surface area contributed by atoms with E-state index in [2.05, 4.69) is 10.6 Å². The highest BCUT2D eigenvalue weighted by molar-refractivity contribution is 5.88. The number of amides is 1. The molecular weight excluding hydrogens is 244 g/mol. The van der Waals surface area contributed by atoms with Gasteiger partial charge in [0, 0.05) is 12.2 Å². The molecule has 5 nitrogen and oxygen atoms in total. The highest BCUT2D eigenvalue weighted by Gasteiger charge is 2.12. The minimum Gasteiger partial charge on any atom is -0.478 e. The van der Waals surface area contributed by atoms with Gasteiger partial charge in [0.2, 0.25) is 5.91 Å². The third-order valence-corrected chi connectivity index (χ3v) is 2.59. The van der Waals surface area contributed by atoms with Crippen molar-refractivity contribution in [2.75, 3.05) is 11.9 Å². The number of benzene rings is 1. The molecule has 1 amide bonds. The first-order valence-corrected chi connectivity index (χ1v) is 6.27. The van der Waals surface area contributed by atoms with Crippen molar-refractivity contribution in [2.45, 2.75) is 26.8 Å². The Bertz CT molecular complexity index is 441. The fourth-order valence-electron chi connectivity index (χ4n) is 1.48. The second-order valence-electron chi connectivity index (χ2n) is 4.89. The highest BCUT2D eigenvalue weighted by atomic mass is 16.4. The Balaban J connectivity index is 2.54. The van der Waals surface area contributed by atoms with Crippen molar-refractivity contribution < 1.29 is 14.7 Å². The minimum atomic E-state index is -0.964. The lowest BCUT2D eigenvalue weighted by atomic mass is 10.2. The zero-order valence-electron chi connectivity index (χ0n) is 11.4. The number of aromatic carboxylic acids is 1. The van der Waals surface area contributed by atoms with E-state index in [0.29, 0.717) is 12.5 Å². The molecular formula is C14H20N2O3. The largest absolute Gasteiger partial charge is 0.478 e. The molecule has 5 heteroatoms. The maximum absolute atomic E-state index is 11.8. The number of hydrogen-bond acceptors (Lipinski definition) is 3. The lowest BCUT2D eigenvalue weighted by Gasteiger charge is -2.16. The van der Waals surface area contributed by atoms with Gasteiger partial charge in [-0.3, -0.25) is 4.79 Å². The Morgan fingerprint density at radius 1 is 1.16 bits per heavy atom. The van der Waals surface area contributed by atoms with Gasteiger partial charge in [-0.15, -0.1) is 0 Å². The summed E-state index contributed by atoms with van der Waals surface area (Å²) in [6.07, 6.45) is 0. The van der Waals surface area contributed by atoms with Gasteiger partial charge in [-0.05, 0) is 37.1 Å². The molecule has 3 N–H and O–H groups in total. The van der Waals surface area contributed by atoms with Crippen LogP contribution in [0.4, 0.5) is 5.69 Å². The Hall–Kier alpha value is -2.04. The summed E-state index contributed by atoms with van der Waals surface area (Å²) in [6.45, 7) is 6.47. The van der Waals surface area contributed by atoms with E-state index in [1.54, 1.807) is 19.1 Å². The van der Waals surface area contributed by atoms with Crippen LogP contribution in [0.3, 0.4) is 0 Å². The van der Waals surface area contributed by atoms with Crippen LogP contribution in [0.15, 0.2) is 24.3 Å². The first-order chi connectivity index (χ1) is 8.90. The van der Waals surface area contributed by atoms with Crippen LogP contribution < -0.4 is 10.6 Å². The SMILES string of the molecule is CC(C)CNC(=O)C(C)Nc1ccc(C(=O)O)cc1. The quantitative estimate of drug-likeness (QED) is 0.734. The predicted octanol–water partition coefficient (Wildman–Crippen LogP) is 1.96. The molecule has 0 saturated carbocycles. The second kappa shape index (κ2) is 6.78. The lowest BCUT2D eigenvalue weighted by Crippen LogP contribution is -2.39. The summed E-state index contributed by atoms with van der Waals surface area (Å²) in [4.78, 5) is 22.5. The number of carbonyl (C=O) groups is 2. The molecule has 1 aromatic carbocycles. The van der Waals surface area contributed by atoms with E-state index in [-0.39, 0.29) is 17.5 Å². The topological polar surface area (TPSA) is 78.4 Å². The molecule has 0 saturated heterocycles. The van der Waals surface area contributed by atoms with E-state index in [4.69, 9.17) is 5.11 Å². The summed E-state index contributed by atoms with van der Waals surface area (Å²) >= 11 is 0. The number of carboxylic acids is 1. The van der Waals surface area contributed by atoms with E-state index in [1.807, 2.05) is 13.8 Å². The lowest BCUT2D eigenvalue weighted by molar-refractivity contribution is -0.121. The van der Waals surface area contributed by atoms with Crippen molar-refractivity contribution >= 4 is 17.6 Å². The van der Waals surface area contributed by atoms with Crippen LogP contribution in [0, 0.1) is 5.92 Å². The molecule has 19 heavy (non-hydrogen) atoms. The van der Waals surface area contributed by atoms with Crippen LogP contribution >= 0.6 is 0 Å². The predicted molar refractivity (Wildman–Crippen MR) is 74.3 cm³/mol. The molecule has 1 aromatic rings. The number of rotatable bonds is 6. The zero-order valence-corrected chi connectivity index (χ0v) is 11.4. The first-order valence-electron chi connectivity index (χ1n) is 6.27. The first kappa shape index (κ1) is 15.0. The van der Waals surface area contributed by atoms with Crippen LogP contribution in [0.2, 0.25) is 0 Å². The van der Waals surface area contributed by atoms with Gasteiger partial charge in [0.05, 0.1) is 5.56 Å². The summed E-state index contributed by atoms with van der Waals surface area (Å²) in [5.74, 6) is -0.628. The van der Waals surface area contributed by atoms with Gasteiger partial charge < -0.3 is 15.7 Å². The van der Waals surface area contributed by atoms with Gasteiger partial charge in [-0.2, -0.15) is 0 Å². The maximum Gasteiger partial charge on any atom is 0.335 e. The third kappa shape index (κ3) is 4.99. The molecule has 0 aliphatic carbocycles. The Morgan fingerprint density at radius 2 is 1.74 bits per heavy atom. The van der Waals surface area contributed by atoms with Crippen molar-refractivity contribution in [2.24, 2.45) is 5.92 Å². The summed E-state index contributed by atoms with van der Waals surface area (Å²) in [5.41, 5.74) is 0.944. The van der Waals surface area contributed by atoms with Crippen molar-refractivity contribution in [3.05, 3.63) is 29.8 Å². The maximum atomic E-state index is 11.8. The van der Waals surface area contributed by atoms with Crippen LogP contribution in [0.25, 0.3) is 0 Å². The number of nitrogens with one attached hydrogen (secondary N) is 2. The Morgan fingerprint density at radius 3 is 2.21 bits per heavy atom. The van der Waals surface area contributed by atoms with E-state index in [9.17, 15) is 9.59 Å². The minimum absolute atomic E-state index is 0.0731. The number of carboxylic acid groups (broad SMARTS) is 1. The van der Waals surface area contributed by atoms with Crippen LogP contribution in [-0.4, -0.2) is 29.6 Å². The molecule has 1 rings (SSSR count). The average Bonchev–Trinajstić information content (AvgIpc) is 2.36. The zero-order chi connectivity index (χ0) is 14.4. The molecule has 104 valence electrons. The molecule has 0 fully saturated rings. The number of hydrogen-bond donors (Lipinski definition) is 3. The van der Waals surface area contributed by atoms with Gasteiger partial charge in [0.15, 0.2) is 0 Å². The van der Waals surface area contributed by atoms with Gasteiger partial charge >= 0.3 is 5.97 Å². The molecule has 0 spiro atoms. The summed E-state index contributed by atoms with van der Waals surface area (Å²) in [7, 11) is 0. The van der Waals surface area contributed by atoms with Crippen molar-refractivity contribution in [1.82, 2.24) is 5.32 Å². The van der Waals surface area contributed by atoms with E-state index < -0.39 is 5.97 Å². The Kier molecular flexibility index (Phi) is 5.36. The smallest absolute Gasteiger partial charge is 0.335 e. The second-order valence-corrected chi connectivity index (χ2v) is 4.89. The van der Waals surface area contributed by atoms with Gasteiger partial charge in [-0.1, -0.05) is 13.8 Å².